The quantitative estimate of drug-likeness (QED) is 0.557. The van der Waals surface area contributed by atoms with Crippen LogP contribution in [0.3, 0.4) is 0 Å². The van der Waals surface area contributed by atoms with Crippen LogP contribution in [0.5, 0.6) is 0 Å². The molecule has 7 heteroatoms. The number of rotatable bonds is 7. The van der Waals surface area contributed by atoms with E-state index in [0.29, 0.717) is 11.7 Å². The van der Waals surface area contributed by atoms with Crippen molar-refractivity contribution in [3.63, 3.8) is 0 Å². The number of thioether (sulfide) groups is 1. The van der Waals surface area contributed by atoms with Crippen molar-refractivity contribution in [1.29, 1.82) is 0 Å². The highest BCUT2D eigenvalue weighted by molar-refractivity contribution is 8.00. The largest absolute Gasteiger partial charge is 0.344 e. The Bertz CT molecular complexity index is 465. The van der Waals surface area contributed by atoms with Crippen LogP contribution in [0.15, 0.2) is 5.16 Å². The molecule has 0 bridgehead atoms. The van der Waals surface area contributed by atoms with E-state index < -0.39 is 0 Å². The molecular formula is C12H19N5OS. The molecule has 0 saturated heterocycles. The van der Waals surface area contributed by atoms with E-state index in [1.165, 1.54) is 11.8 Å². The van der Waals surface area contributed by atoms with Crippen molar-refractivity contribution in [3.8, 4) is 12.3 Å². The van der Waals surface area contributed by atoms with Gasteiger partial charge in [0.05, 0.1) is 18.3 Å². The maximum absolute atomic E-state index is 11.7. The SMILES string of the molecule is C#CCNC(=O)C(C)Sc1nnc(CN)n1CCC. The van der Waals surface area contributed by atoms with Crippen LogP contribution < -0.4 is 11.1 Å². The maximum Gasteiger partial charge on any atom is 0.234 e. The highest BCUT2D eigenvalue weighted by Gasteiger charge is 2.18. The van der Waals surface area contributed by atoms with Gasteiger partial charge in [-0.25, -0.2) is 0 Å². The minimum atomic E-state index is -0.279. The third-order valence-electron chi connectivity index (χ3n) is 2.44. The van der Waals surface area contributed by atoms with Crippen LogP contribution >= 0.6 is 11.8 Å². The van der Waals surface area contributed by atoms with Crippen molar-refractivity contribution >= 4 is 17.7 Å². The molecule has 0 saturated carbocycles. The number of hydrogen-bond donors (Lipinski definition) is 2. The van der Waals surface area contributed by atoms with E-state index in [2.05, 4.69) is 28.4 Å². The first-order valence-electron chi connectivity index (χ1n) is 6.14. The monoisotopic (exact) mass is 281 g/mol. The summed E-state index contributed by atoms with van der Waals surface area (Å²) in [6, 6.07) is 0. The number of nitrogens with two attached hydrogens (primary N) is 1. The molecule has 0 aliphatic rings. The number of hydrogen-bond acceptors (Lipinski definition) is 5. The molecule has 1 amide bonds. The summed E-state index contributed by atoms with van der Waals surface area (Å²) in [5, 5.41) is 11.2. The molecule has 0 spiro atoms. The summed E-state index contributed by atoms with van der Waals surface area (Å²) < 4.78 is 1.95. The van der Waals surface area contributed by atoms with Gasteiger partial charge in [0.25, 0.3) is 0 Å². The standard InChI is InChI=1S/C12H19N5OS/c1-4-6-14-11(18)9(3)19-12-16-15-10(8-13)17(12)7-5-2/h1,9H,5-8,13H2,2-3H3,(H,14,18). The lowest BCUT2D eigenvalue weighted by Crippen LogP contribution is -2.31. The normalized spacial score (nSPS) is 11.9. The Kier molecular flexibility index (Phi) is 6.39. The predicted octanol–water partition coefficient (Wildman–Crippen LogP) is 0.377. The molecule has 0 aromatic carbocycles. The zero-order valence-corrected chi connectivity index (χ0v) is 12.0. The highest BCUT2D eigenvalue weighted by atomic mass is 32.2. The Labute approximate surface area is 117 Å². The van der Waals surface area contributed by atoms with Crippen LogP contribution in [0.1, 0.15) is 26.1 Å². The van der Waals surface area contributed by atoms with Gasteiger partial charge in [-0.3, -0.25) is 4.79 Å². The molecule has 6 nitrogen and oxygen atoms in total. The van der Waals surface area contributed by atoms with Gasteiger partial charge in [-0.1, -0.05) is 24.6 Å². The number of nitrogens with one attached hydrogen (secondary N) is 1. The van der Waals surface area contributed by atoms with Gasteiger partial charge in [0.15, 0.2) is 5.16 Å². The van der Waals surface area contributed by atoms with Crippen molar-refractivity contribution in [2.24, 2.45) is 5.73 Å². The molecule has 104 valence electrons. The molecular weight excluding hydrogens is 262 g/mol. The molecule has 1 unspecified atom stereocenters. The van der Waals surface area contributed by atoms with Crippen molar-refractivity contribution in [3.05, 3.63) is 5.82 Å². The number of carbonyl (C=O) groups excluding carboxylic acids is 1. The highest BCUT2D eigenvalue weighted by Crippen LogP contribution is 2.22. The maximum atomic E-state index is 11.7. The lowest BCUT2D eigenvalue weighted by atomic mass is 10.4. The zero-order chi connectivity index (χ0) is 14.3. The minimum absolute atomic E-state index is 0.108. The van der Waals surface area contributed by atoms with E-state index in [-0.39, 0.29) is 17.7 Å². The topological polar surface area (TPSA) is 85.8 Å². The van der Waals surface area contributed by atoms with Crippen LogP contribution in [-0.2, 0) is 17.9 Å². The third kappa shape index (κ3) is 4.26. The smallest absolute Gasteiger partial charge is 0.234 e. The second-order valence-electron chi connectivity index (χ2n) is 3.94. The first-order chi connectivity index (χ1) is 9.13. The van der Waals surface area contributed by atoms with Gasteiger partial charge in [0, 0.05) is 6.54 Å². The van der Waals surface area contributed by atoms with E-state index >= 15 is 0 Å². The Morgan fingerprint density at radius 3 is 2.95 bits per heavy atom. The first-order valence-corrected chi connectivity index (χ1v) is 7.01. The zero-order valence-electron chi connectivity index (χ0n) is 11.2. The fraction of sp³-hybridized carbons (Fsp3) is 0.583. The van der Waals surface area contributed by atoms with Gasteiger partial charge < -0.3 is 15.6 Å². The fourth-order valence-corrected chi connectivity index (χ4v) is 2.42. The molecule has 1 rings (SSSR count). The second-order valence-corrected chi connectivity index (χ2v) is 5.24. The molecule has 3 N–H and O–H groups in total. The average Bonchev–Trinajstić information content (AvgIpc) is 2.78. The van der Waals surface area contributed by atoms with Gasteiger partial charge in [-0.2, -0.15) is 0 Å². The van der Waals surface area contributed by atoms with Crippen molar-refractivity contribution in [2.45, 2.75) is 43.8 Å². The number of nitrogens with zero attached hydrogens (tertiary/aromatic N) is 3. The van der Waals surface area contributed by atoms with Crippen LogP contribution in [0.2, 0.25) is 0 Å². The van der Waals surface area contributed by atoms with Crippen molar-refractivity contribution in [1.82, 2.24) is 20.1 Å². The minimum Gasteiger partial charge on any atom is -0.344 e. The van der Waals surface area contributed by atoms with Crippen LogP contribution in [0.25, 0.3) is 0 Å². The number of carbonyl (C=O) groups is 1. The summed E-state index contributed by atoms with van der Waals surface area (Å²) >= 11 is 1.36. The predicted molar refractivity (Wildman–Crippen MR) is 75.4 cm³/mol. The third-order valence-corrected chi connectivity index (χ3v) is 3.52. The molecule has 0 aliphatic carbocycles. The Morgan fingerprint density at radius 2 is 2.37 bits per heavy atom. The van der Waals surface area contributed by atoms with Gasteiger partial charge >= 0.3 is 0 Å². The number of terminal acetylenes is 1. The van der Waals surface area contributed by atoms with Gasteiger partial charge in [-0.05, 0) is 13.3 Å². The lowest BCUT2D eigenvalue weighted by Gasteiger charge is -2.12. The van der Waals surface area contributed by atoms with E-state index in [1.807, 2.05) is 11.5 Å². The van der Waals surface area contributed by atoms with Gasteiger partial charge in [0.2, 0.25) is 5.91 Å². The molecule has 0 fully saturated rings. The molecule has 0 aliphatic heterocycles. The second kappa shape index (κ2) is 7.81. The summed E-state index contributed by atoms with van der Waals surface area (Å²) in [6.07, 6.45) is 6.06. The lowest BCUT2D eigenvalue weighted by molar-refractivity contribution is -0.120. The van der Waals surface area contributed by atoms with Crippen LogP contribution in [-0.4, -0.2) is 32.5 Å². The summed E-state index contributed by atoms with van der Waals surface area (Å²) in [7, 11) is 0. The Morgan fingerprint density at radius 1 is 1.63 bits per heavy atom. The molecule has 1 heterocycles. The van der Waals surface area contributed by atoms with Gasteiger partial charge in [0.1, 0.15) is 5.82 Å². The van der Waals surface area contributed by atoms with E-state index in [4.69, 9.17) is 12.2 Å². The van der Waals surface area contributed by atoms with Crippen LogP contribution in [0.4, 0.5) is 0 Å². The first kappa shape index (κ1) is 15.5. The summed E-state index contributed by atoms with van der Waals surface area (Å²) in [6.45, 7) is 5.24. The number of amides is 1. The van der Waals surface area contributed by atoms with E-state index in [9.17, 15) is 4.79 Å². The molecule has 1 aromatic rings. The average molecular weight is 281 g/mol. The summed E-state index contributed by atoms with van der Waals surface area (Å²) in [4.78, 5) is 11.7. The van der Waals surface area contributed by atoms with Crippen molar-refractivity contribution in [2.75, 3.05) is 6.54 Å². The van der Waals surface area contributed by atoms with Crippen molar-refractivity contribution < 1.29 is 4.79 Å². The molecule has 1 aromatic heterocycles. The Hall–Kier alpha value is -1.52. The van der Waals surface area contributed by atoms with Gasteiger partial charge in [-0.15, -0.1) is 16.6 Å². The van der Waals surface area contributed by atoms with E-state index in [1.54, 1.807) is 0 Å². The molecule has 1 atom stereocenters. The molecule has 19 heavy (non-hydrogen) atoms. The Balaban J connectivity index is 2.73. The number of aromatic nitrogens is 3. The summed E-state index contributed by atoms with van der Waals surface area (Å²) in [5.41, 5.74) is 5.62. The fourth-order valence-electron chi connectivity index (χ4n) is 1.50. The van der Waals surface area contributed by atoms with Crippen LogP contribution in [0, 0.1) is 12.3 Å². The summed E-state index contributed by atoms with van der Waals surface area (Å²) in [5.74, 6) is 3.00. The van der Waals surface area contributed by atoms with E-state index in [0.717, 1.165) is 18.8 Å². The molecule has 0 radical (unpaired) electrons.